The molecular formula is C22H23ClN2O5. The molecule has 2 aromatic rings. The molecule has 2 amide bonds. The van der Waals surface area contributed by atoms with Gasteiger partial charge in [-0.05, 0) is 54.8 Å². The normalized spacial score (nSPS) is 13.2. The van der Waals surface area contributed by atoms with Crippen LogP contribution in [0.4, 0.5) is 5.69 Å². The van der Waals surface area contributed by atoms with Crippen LogP contribution in [0.5, 0.6) is 5.75 Å². The Hall–Kier alpha value is -3.06. The SMILES string of the molecule is O=C(COC(=O)COc1ccc(N2CCCC2=O)cc1)NCCc1ccc(Cl)cc1. The highest BCUT2D eigenvalue weighted by Crippen LogP contribution is 2.23. The summed E-state index contributed by atoms with van der Waals surface area (Å²) < 4.78 is 10.3. The second-order valence-electron chi connectivity index (χ2n) is 6.82. The summed E-state index contributed by atoms with van der Waals surface area (Å²) in [6.07, 6.45) is 2.08. The molecule has 7 nitrogen and oxygen atoms in total. The first-order chi connectivity index (χ1) is 14.5. The summed E-state index contributed by atoms with van der Waals surface area (Å²) in [5.74, 6) is -0.424. The number of ether oxygens (including phenoxy) is 2. The number of nitrogens with zero attached hydrogens (tertiary/aromatic N) is 1. The maximum atomic E-state index is 11.8. The molecule has 158 valence electrons. The molecular weight excluding hydrogens is 408 g/mol. The molecule has 1 heterocycles. The van der Waals surface area contributed by atoms with E-state index >= 15 is 0 Å². The van der Waals surface area contributed by atoms with E-state index in [-0.39, 0.29) is 25.0 Å². The van der Waals surface area contributed by atoms with Crippen LogP contribution in [0.15, 0.2) is 48.5 Å². The van der Waals surface area contributed by atoms with E-state index in [0.717, 1.165) is 17.7 Å². The molecule has 0 atom stereocenters. The van der Waals surface area contributed by atoms with E-state index in [9.17, 15) is 14.4 Å². The Labute approximate surface area is 179 Å². The predicted molar refractivity (Wildman–Crippen MR) is 113 cm³/mol. The van der Waals surface area contributed by atoms with Gasteiger partial charge in [-0.3, -0.25) is 9.59 Å². The monoisotopic (exact) mass is 430 g/mol. The summed E-state index contributed by atoms with van der Waals surface area (Å²) in [5, 5.41) is 3.35. The molecule has 0 saturated carbocycles. The molecule has 1 saturated heterocycles. The number of benzene rings is 2. The van der Waals surface area contributed by atoms with Gasteiger partial charge in [-0.1, -0.05) is 23.7 Å². The molecule has 1 aliphatic heterocycles. The number of anilines is 1. The summed E-state index contributed by atoms with van der Waals surface area (Å²) in [7, 11) is 0. The van der Waals surface area contributed by atoms with Crippen molar-refractivity contribution in [2.24, 2.45) is 0 Å². The van der Waals surface area contributed by atoms with Crippen molar-refractivity contribution in [1.29, 1.82) is 0 Å². The first kappa shape index (κ1) is 21.6. The van der Waals surface area contributed by atoms with Crippen molar-refractivity contribution in [1.82, 2.24) is 5.32 Å². The first-order valence-corrected chi connectivity index (χ1v) is 10.1. The van der Waals surface area contributed by atoms with Crippen LogP contribution >= 0.6 is 11.6 Å². The molecule has 1 fully saturated rings. The smallest absolute Gasteiger partial charge is 0.344 e. The summed E-state index contributed by atoms with van der Waals surface area (Å²) in [6, 6.07) is 14.3. The fourth-order valence-corrected chi connectivity index (χ4v) is 3.15. The fraction of sp³-hybridized carbons (Fsp3) is 0.318. The Morgan fingerprint density at radius 2 is 1.77 bits per heavy atom. The van der Waals surface area contributed by atoms with Crippen LogP contribution in [0, 0.1) is 0 Å². The van der Waals surface area contributed by atoms with Crippen LogP contribution in [0.2, 0.25) is 5.02 Å². The Morgan fingerprint density at radius 1 is 1.03 bits per heavy atom. The van der Waals surface area contributed by atoms with Crippen molar-refractivity contribution in [3.63, 3.8) is 0 Å². The Kier molecular flexibility index (Phi) is 7.68. The van der Waals surface area contributed by atoms with Gasteiger partial charge < -0.3 is 19.7 Å². The van der Waals surface area contributed by atoms with Crippen molar-refractivity contribution in [3.8, 4) is 5.75 Å². The van der Waals surface area contributed by atoms with Gasteiger partial charge in [0.05, 0.1) is 0 Å². The van der Waals surface area contributed by atoms with Crippen LogP contribution in [-0.2, 0) is 25.5 Å². The van der Waals surface area contributed by atoms with E-state index in [0.29, 0.717) is 36.7 Å². The minimum Gasteiger partial charge on any atom is -0.482 e. The van der Waals surface area contributed by atoms with Crippen LogP contribution in [0.25, 0.3) is 0 Å². The second kappa shape index (κ2) is 10.6. The third-order valence-corrected chi connectivity index (χ3v) is 4.84. The highest BCUT2D eigenvalue weighted by atomic mass is 35.5. The number of amides is 2. The topological polar surface area (TPSA) is 84.9 Å². The van der Waals surface area contributed by atoms with E-state index in [1.165, 1.54) is 0 Å². The van der Waals surface area contributed by atoms with E-state index in [2.05, 4.69) is 5.32 Å². The van der Waals surface area contributed by atoms with E-state index in [1.54, 1.807) is 41.3 Å². The van der Waals surface area contributed by atoms with Gasteiger partial charge in [0.2, 0.25) is 5.91 Å². The van der Waals surface area contributed by atoms with E-state index < -0.39 is 5.97 Å². The van der Waals surface area contributed by atoms with Crippen molar-refractivity contribution < 1.29 is 23.9 Å². The van der Waals surface area contributed by atoms with Gasteiger partial charge in [-0.25, -0.2) is 4.79 Å². The highest BCUT2D eigenvalue weighted by molar-refractivity contribution is 6.30. The van der Waals surface area contributed by atoms with Gasteiger partial charge in [0.25, 0.3) is 5.91 Å². The van der Waals surface area contributed by atoms with Gasteiger partial charge >= 0.3 is 5.97 Å². The second-order valence-corrected chi connectivity index (χ2v) is 7.26. The molecule has 0 bridgehead atoms. The maximum absolute atomic E-state index is 11.8. The van der Waals surface area contributed by atoms with Crippen LogP contribution < -0.4 is 15.0 Å². The fourth-order valence-electron chi connectivity index (χ4n) is 3.02. The van der Waals surface area contributed by atoms with Crippen molar-refractivity contribution >= 4 is 35.1 Å². The lowest BCUT2D eigenvalue weighted by atomic mass is 10.1. The molecule has 0 unspecified atom stereocenters. The highest BCUT2D eigenvalue weighted by Gasteiger charge is 2.21. The van der Waals surface area contributed by atoms with Crippen molar-refractivity contribution in [3.05, 3.63) is 59.1 Å². The predicted octanol–water partition coefficient (Wildman–Crippen LogP) is 2.75. The zero-order chi connectivity index (χ0) is 21.3. The van der Waals surface area contributed by atoms with Gasteiger partial charge in [-0.15, -0.1) is 0 Å². The Bertz CT molecular complexity index is 883. The van der Waals surface area contributed by atoms with Crippen molar-refractivity contribution in [2.75, 3.05) is 31.2 Å². The molecule has 1 aliphatic rings. The summed E-state index contributed by atoms with van der Waals surface area (Å²) in [4.78, 5) is 37.0. The average Bonchev–Trinajstić information content (AvgIpc) is 3.18. The van der Waals surface area contributed by atoms with Gasteiger partial charge in [0.15, 0.2) is 13.2 Å². The molecule has 1 N–H and O–H groups in total. The molecule has 2 aromatic carbocycles. The number of nitrogens with one attached hydrogen (secondary N) is 1. The average molecular weight is 431 g/mol. The molecule has 8 heteroatoms. The first-order valence-electron chi connectivity index (χ1n) is 9.71. The quantitative estimate of drug-likeness (QED) is 0.618. The zero-order valence-corrected chi connectivity index (χ0v) is 17.2. The third kappa shape index (κ3) is 6.49. The largest absolute Gasteiger partial charge is 0.482 e. The van der Waals surface area contributed by atoms with Gasteiger partial charge in [-0.2, -0.15) is 0 Å². The summed E-state index contributed by atoms with van der Waals surface area (Å²) in [5.41, 5.74) is 1.85. The number of carbonyl (C=O) groups excluding carboxylic acids is 3. The van der Waals surface area contributed by atoms with Crippen LogP contribution in [-0.4, -0.2) is 44.1 Å². The number of hydrogen-bond acceptors (Lipinski definition) is 5. The zero-order valence-electron chi connectivity index (χ0n) is 16.4. The molecule has 3 rings (SSSR count). The number of carbonyl (C=O) groups is 3. The van der Waals surface area contributed by atoms with Gasteiger partial charge in [0, 0.05) is 30.2 Å². The third-order valence-electron chi connectivity index (χ3n) is 4.59. The molecule has 0 radical (unpaired) electrons. The Balaban J connectivity index is 1.32. The lowest BCUT2D eigenvalue weighted by Crippen LogP contribution is -2.31. The number of rotatable bonds is 9. The molecule has 0 aliphatic carbocycles. The summed E-state index contributed by atoms with van der Waals surface area (Å²) in [6.45, 7) is 0.479. The Morgan fingerprint density at radius 3 is 2.43 bits per heavy atom. The minimum atomic E-state index is -0.637. The van der Waals surface area contributed by atoms with Crippen LogP contribution in [0.1, 0.15) is 18.4 Å². The lowest BCUT2D eigenvalue weighted by Gasteiger charge is -2.16. The van der Waals surface area contributed by atoms with Crippen molar-refractivity contribution in [2.45, 2.75) is 19.3 Å². The van der Waals surface area contributed by atoms with Gasteiger partial charge in [0.1, 0.15) is 5.75 Å². The molecule has 0 spiro atoms. The summed E-state index contributed by atoms with van der Waals surface area (Å²) >= 11 is 5.83. The number of halogens is 1. The molecule has 0 aromatic heterocycles. The van der Waals surface area contributed by atoms with Crippen LogP contribution in [0.3, 0.4) is 0 Å². The van der Waals surface area contributed by atoms with E-state index in [4.69, 9.17) is 21.1 Å². The van der Waals surface area contributed by atoms with E-state index in [1.807, 2.05) is 12.1 Å². The number of hydrogen-bond donors (Lipinski definition) is 1. The maximum Gasteiger partial charge on any atom is 0.344 e. The minimum absolute atomic E-state index is 0.110. The molecule has 30 heavy (non-hydrogen) atoms. The number of esters is 1. The lowest BCUT2D eigenvalue weighted by molar-refractivity contribution is -0.150. The standard InChI is InChI=1S/C22H23ClN2O5/c23-17-5-3-16(4-6-17)11-12-24-20(26)14-30-22(28)15-29-19-9-7-18(8-10-19)25-13-1-2-21(25)27/h3-10H,1-2,11-15H2,(H,24,26).